The third-order valence-corrected chi connectivity index (χ3v) is 7.62. The summed E-state index contributed by atoms with van der Waals surface area (Å²) in [4.78, 5) is 16.7. The maximum absolute atomic E-state index is 12.6. The molecule has 128 valence electrons. The van der Waals surface area contributed by atoms with Crippen LogP contribution in [0.25, 0.3) is 10.2 Å². The second kappa shape index (κ2) is 5.62. The molecule has 0 aliphatic carbocycles. The van der Waals surface area contributed by atoms with Crippen LogP contribution in [0, 0.1) is 0 Å². The molecule has 1 aliphatic heterocycles. The number of fused-ring (bicyclic) bond motifs is 2. The number of halogens is 3. The van der Waals surface area contributed by atoms with Gasteiger partial charge in [-0.3, -0.25) is 0 Å². The van der Waals surface area contributed by atoms with Crippen LogP contribution in [-0.2, 0) is 3.83 Å². The van der Waals surface area contributed by atoms with Gasteiger partial charge in [0, 0.05) is 0 Å². The first-order chi connectivity index (χ1) is 11.8. The van der Waals surface area contributed by atoms with E-state index in [0.29, 0.717) is 20.2 Å². The predicted octanol–water partition coefficient (Wildman–Crippen LogP) is 2.98. The van der Waals surface area contributed by atoms with Crippen LogP contribution >= 0.6 is 11.3 Å². The second-order valence-corrected chi connectivity index (χ2v) is 8.76. The summed E-state index contributed by atoms with van der Waals surface area (Å²) in [6, 6.07) is 10.3. The number of hydrogen-bond donors (Lipinski definition) is 0. The zero-order valence-corrected chi connectivity index (χ0v) is 14.6. The summed E-state index contributed by atoms with van der Waals surface area (Å²) in [7, 11) is 0. The van der Waals surface area contributed by atoms with E-state index in [1.807, 2.05) is 0 Å². The number of alkyl halides is 3. The van der Waals surface area contributed by atoms with Gasteiger partial charge in [0.1, 0.15) is 0 Å². The van der Waals surface area contributed by atoms with Crippen molar-refractivity contribution in [2.45, 2.75) is 6.36 Å². The summed E-state index contributed by atoms with van der Waals surface area (Å²) in [6.45, 7) is 0. The SMILES string of the molecule is O=C1c2ccccc2[Se](=O)N1c1nc2ccc(OC(F)(F)F)cc2s1. The Morgan fingerprint density at radius 3 is 2.64 bits per heavy atom. The van der Waals surface area contributed by atoms with E-state index in [0.717, 1.165) is 21.3 Å². The number of ether oxygens (including phenoxy) is 1. The number of nitrogens with zero attached hydrogens (tertiary/aromatic N) is 2. The summed E-state index contributed by atoms with van der Waals surface area (Å²) < 4.78 is 55.5. The van der Waals surface area contributed by atoms with E-state index in [2.05, 4.69) is 9.72 Å². The Labute approximate surface area is 146 Å². The number of carbonyl (C=O) groups is 1. The second-order valence-electron chi connectivity index (χ2n) is 5.02. The molecule has 1 unspecified atom stereocenters. The van der Waals surface area contributed by atoms with Crippen LogP contribution in [0.1, 0.15) is 10.4 Å². The van der Waals surface area contributed by atoms with Crippen molar-refractivity contribution >= 4 is 51.1 Å². The van der Waals surface area contributed by atoms with Crippen molar-refractivity contribution in [2.24, 2.45) is 0 Å². The van der Waals surface area contributed by atoms with E-state index in [1.54, 1.807) is 24.3 Å². The van der Waals surface area contributed by atoms with Crippen LogP contribution in [0.4, 0.5) is 18.3 Å². The van der Waals surface area contributed by atoms with Gasteiger partial charge < -0.3 is 0 Å². The minimum atomic E-state index is -4.79. The number of aromatic nitrogens is 1. The van der Waals surface area contributed by atoms with Gasteiger partial charge in [-0.05, 0) is 0 Å². The zero-order chi connectivity index (χ0) is 17.8. The molecule has 0 bridgehead atoms. The molecule has 1 atom stereocenters. The van der Waals surface area contributed by atoms with Gasteiger partial charge in [0.25, 0.3) is 0 Å². The number of benzene rings is 2. The Hall–Kier alpha value is -2.29. The molecule has 0 radical (unpaired) electrons. The van der Waals surface area contributed by atoms with Crippen LogP contribution in [0.15, 0.2) is 42.5 Å². The molecule has 2 heterocycles. The Morgan fingerprint density at radius 2 is 1.92 bits per heavy atom. The van der Waals surface area contributed by atoms with E-state index >= 15 is 0 Å². The number of rotatable bonds is 2. The number of thiazole rings is 1. The van der Waals surface area contributed by atoms with Crippen LogP contribution in [0.2, 0.25) is 0 Å². The Morgan fingerprint density at radius 1 is 1.16 bits per heavy atom. The molecule has 4 rings (SSSR count). The topological polar surface area (TPSA) is 59.5 Å². The molecule has 0 spiro atoms. The van der Waals surface area contributed by atoms with Crippen molar-refractivity contribution in [3.05, 3.63) is 48.0 Å². The zero-order valence-electron chi connectivity index (χ0n) is 12.1. The molecular weight excluding hydrogens is 424 g/mol. The maximum atomic E-state index is 12.6. The fourth-order valence-corrected chi connectivity index (χ4v) is 6.35. The molecule has 3 aromatic rings. The summed E-state index contributed by atoms with van der Waals surface area (Å²) in [5, 5.41) is 0.195. The fourth-order valence-electron chi connectivity index (χ4n) is 2.41. The summed E-state index contributed by atoms with van der Waals surface area (Å²) in [5.74, 6) is -0.789. The van der Waals surface area contributed by atoms with Gasteiger partial charge in [0.05, 0.1) is 0 Å². The molecule has 0 fully saturated rings. The van der Waals surface area contributed by atoms with Gasteiger partial charge in [-0.2, -0.15) is 0 Å². The van der Waals surface area contributed by atoms with Gasteiger partial charge in [-0.15, -0.1) is 0 Å². The van der Waals surface area contributed by atoms with Crippen LogP contribution in [-0.4, -0.2) is 31.3 Å². The molecule has 25 heavy (non-hydrogen) atoms. The Bertz CT molecular complexity index is 999. The molecular formula is C15H7F3N2O3SSe. The van der Waals surface area contributed by atoms with Gasteiger partial charge in [-0.1, -0.05) is 0 Å². The molecule has 5 nitrogen and oxygen atoms in total. The summed E-state index contributed by atoms with van der Waals surface area (Å²) >= 11 is -1.83. The third kappa shape index (κ3) is 2.82. The van der Waals surface area contributed by atoms with Crippen molar-refractivity contribution in [1.29, 1.82) is 0 Å². The van der Waals surface area contributed by atoms with E-state index in [9.17, 15) is 21.8 Å². The Balaban J connectivity index is 1.73. The summed E-state index contributed by atoms with van der Waals surface area (Å²) in [6.07, 6.45) is -4.79. The van der Waals surface area contributed by atoms with Gasteiger partial charge in [-0.25, -0.2) is 0 Å². The standard InChI is InChI=1S/C15H7F3N2O3SSe/c16-15(17,18)23-8-5-6-10-11(7-8)24-14(19-10)20-13(21)9-3-1-2-4-12(9)25(20)22/h1-7H. The quantitative estimate of drug-likeness (QED) is 0.586. The fraction of sp³-hybridized carbons (Fsp3) is 0.0667. The van der Waals surface area contributed by atoms with Crippen LogP contribution in [0.5, 0.6) is 5.75 Å². The number of carbonyl (C=O) groups excluding carboxylic acids is 1. The molecule has 1 aromatic heterocycles. The van der Waals surface area contributed by atoms with Crippen molar-refractivity contribution in [3.8, 4) is 5.75 Å². The predicted molar refractivity (Wildman–Crippen MR) is 85.6 cm³/mol. The molecule has 2 aromatic carbocycles. The van der Waals surface area contributed by atoms with Crippen molar-refractivity contribution in [3.63, 3.8) is 0 Å². The summed E-state index contributed by atoms with van der Waals surface area (Å²) in [5.41, 5.74) is 0.764. The van der Waals surface area contributed by atoms with E-state index in [1.165, 1.54) is 12.1 Å². The first-order valence-corrected chi connectivity index (χ1v) is 9.99. The average molecular weight is 431 g/mol. The van der Waals surface area contributed by atoms with E-state index in [-0.39, 0.29) is 10.9 Å². The molecule has 1 aliphatic rings. The normalized spacial score (nSPS) is 17.2. The first kappa shape index (κ1) is 16.2. The number of anilines is 1. The number of amides is 1. The van der Waals surface area contributed by atoms with Crippen molar-refractivity contribution in [1.82, 2.24) is 4.98 Å². The van der Waals surface area contributed by atoms with Gasteiger partial charge in [0.15, 0.2) is 0 Å². The van der Waals surface area contributed by atoms with Crippen LogP contribution in [0.3, 0.4) is 0 Å². The monoisotopic (exact) mass is 432 g/mol. The van der Waals surface area contributed by atoms with Crippen molar-refractivity contribution in [2.75, 3.05) is 3.92 Å². The van der Waals surface area contributed by atoms with Crippen molar-refractivity contribution < 1.29 is 26.5 Å². The van der Waals surface area contributed by atoms with Gasteiger partial charge in [0.2, 0.25) is 0 Å². The molecule has 0 saturated heterocycles. The van der Waals surface area contributed by atoms with E-state index < -0.39 is 26.3 Å². The van der Waals surface area contributed by atoms with E-state index in [4.69, 9.17) is 0 Å². The number of hydrogen-bond acceptors (Lipinski definition) is 5. The Kier molecular flexibility index (Phi) is 3.64. The molecule has 0 N–H and O–H groups in total. The molecule has 0 saturated carbocycles. The third-order valence-electron chi connectivity index (χ3n) is 3.41. The average Bonchev–Trinajstić information content (AvgIpc) is 3.05. The molecule has 10 heteroatoms. The molecule has 1 amide bonds. The first-order valence-electron chi connectivity index (χ1n) is 6.85. The van der Waals surface area contributed by atoms with Crippen LogP contribution < -0.4 is 13.1 Å². The van der Waals surface area contributed by atoms with Gasteiger partial charge >= 0.3 is 147 Å². The minimum absolute atomic E-state index is 0.195.